The second kappa shape index (κ2) is 7.39. The van der Waals surface area contributed by atoms with Gasteiger partial charge in [0.05, 0.1) is 31.0 Å². The van der Waals surface area contributed by atoms with E-state index in [2.05, 4.69) is 4.98 Å². The van der Waals surface area contributed by atoms with Crippen LogP contribution in [0.1, 0.15) is 5.69 Å². The van der Waals surface area contributed by atoms with Crippen molar-refractivity contribution in [1.29, 1.82) is 0 Å². The summed E-state index contributed by atoms with van der Waals surface area (Å²) in [6.45, 7) is 1.87. The van der Waals surface area contributed by atoms with Gasteiger partial charge in [0.1, 0.15) is 5.82 Å². The first-order chi connectivity index (χ1) is 14.0. The zero-order valence-corrected chi connectivity index (χ0v) is 16.3. The fourth-order valence-corrected chi connectivity index (χ4v) is 3.39. The number of hydrogen-bond donors (Lipinski definition) is 0. The molecular formula is C23H19FN2O3. The molecule has 5 nitrogen and oxygen atoms in total. The zero-order valence-electron chi connectivity index (χ0n) is 16.3. The van der Waals surface area contributed by atoms with Crippen LogP contribution in [0, 0.1) is 12.7 Å². The molecule has 0 aliphatic heterocycles. The van der Waals surface area contributed by atoms with Crippen LogP contribution in [0.4, 0.5) is 4.39 Å². The Morgan fingerprint density at radius 1 is 0.931 bits per heavy atom. The van der Waals surface area contributed by atoms with Crippen molar-refractivity contribution in [2.75, 3.05) is 14.2 Å². The van der Waals surface area contributed by atoms with Gasteiger partial charge in [0, 0.05) is 23.5 Å². The van der Waals surface area contributed by atoms with E-state index >= 15 is 0 Å². The van der Waals surface area contributed by atoms with Gasteiger partial charge in [0.25, 0.3) is 5.56 Å². The van der Waals surface area contributed by atoms with Gasteiger partial charge in [-0.05, 0) is 60.8 Å². The minimum Gasteiger partial charge on any atom is -0.493 e. The van der Waals surface area contributed by atoms with Gasteiger partial charge in [-0.15, -0.1) is 0 Å². The van der Waals surface area contributed by atoms with Gasteiger partial charge in [-0.2, -0.15) is 0 Å². The summed E-state index contributed by atoms with van der Waals surface area (Å²) in [7, 11) is 3.10. The Morgan fingerprint density at radius 2 is 1.66 bits per heavy atom. The predicted molar refractivity (Wildman–Crippen MR) is 111 cm³/mol. The van der Waals surface area contributed by atoms with Crippen LogP contribution in [-0.4, -0.2) is 23.8 Å². The van der Waals surface area contributed by atoms with E-state index in [0.29, 0.717) is 33.8 Å². The zero-order chi connectivity index (χ0) is 20.5. The summed E-state index contributed by atoms with van der Waals surface area (Å²) >= 11 is 0. The van der Waals surface area contributed by atoms with Crippen molar-refractivity contribution in [2.24, 2.45) is 0 Å². The third-order valence-corrected chi connectivity index (χ3v) is 4.78. The Morgan fingerprint density at radius 3 is 2.34 bits per heavy atom. The number of aromatic nitrogens is 2. The molecule has 0 saturated heterocycles. The summed E-state index contributed by atoms with van der Waals surface area (Å²) in [5.74, 6) is 0.764. The van der Waals surface area contributed by atoms with E-state index < -0.39 is 0 Å². The number of ether oxygens (including phenoxy) is 2. The number of fused-ring (bicyclic) bond motifs is 1. The quantitative estimate of drug-likeness (QED) is 0.514. The average Bonchev–Trinajstić information content (AvgIpc) is 2.73. The Balaban J connectivity index is 1.98. The summed E-state index contributed by atoms with van der Waals surface area (Å²) in [5, 5.41) is 1.25. The van der Waals surface area contributed by atoms with E-state index in [1.807, 2.05) is 19.1 Å². The van der Waals surface area contributed by atoms with Crippen LogP contribution in [0.25, 0.3) is 27.7 Å². The Labute approximate surface area is 167 Å². The van der Waals surface area contributed by atoms with Crippen LogP contribution in [-0.2, 0) is 0 Å². The fourth-order valence-electron chi connectivity index (χ4n) is 3.39. The maximum Gasteiger partial charge on any atom is 0.265 e. The predicted octanol–water partition coefficient (Wildman–Crippen LogP) is 4.52. The molecular weight excluding hydrogens is 371 g/mol. The number of halogens is 1. The Kier molecular flexibility index (Phi) is 4.76. The first-order valence-corrected chi connectivity index (χ1v) is 9.03. The molecule has 2 heterocycles. The second-order valence-electron chi connectivity index (χ2n) is 6.61. The van der Waals surface area contributed by atoms with Gasteiger partial charge in [0.15, 0.2) is 11.5 Å². The highest BCUT2D eigenvalue weighted by molar-refractivity contribution is 5.94. The van der Waals surface area contributed by atoms with Crippen molar-refractivity contribution in [3.63, 3.8) is 0 Å². The number of hydrogen-bond acceptors (Lipinski definition) is 4. The van der Waals surface area contributed by atoms with Crippen molar-refractivity contribution in [3.8, 4) is 28.4 Å². The van der Waals surface area contributed by atoms with Crippen LogP contribution >= 0.6 is 0 Å². The number of benzene rings is 2. The topological polar surface area (TPSA) is 53.4 Å². The third-order valence-electron chi connectivity index (χ3n) is 4.78. The highest BCUT2D eigenvalue weighted by Crippen LogP contribution is 2.30. The van der Waals surface area contributed by atoms with Crippen molar-refractivity contribution < 1.29 is 13.9 Å². The molecule has 0 N–H and O–H groups in total. The highest BCUT2D eigenvalue weighted by Gasteiger charge is 2.14. The molecule has 29 heavy (non-hydrogen) atoms. The summed E-state index contributed by atoms with van der Waals surface area (Å²) in [6.07, 6.45) is 1.72. The summed E-state index contributed by atoms with van der Waals surface area (Å²) in [5.41, 5.74) is 2.41. The van der Waals surface area contributed by atoms with Gasteiger partial charge < -0.3 is 9.47 Å². The molecule has 4 rings (SSSR count). The highest BCUT2D eigenvalue weighted by atomic mass is 19.1. The Bertz CT molecular complexity index is 1260. The molecule has 4 aromatic rings. The SMILES string of the molecule is COc1ccc(-n2ccc3cc(C)nc(-c4ccc(F)cc4)c3c2=O)cc1OC. The molecule has 0 unspecified atom stereocenters. The summed E-state index contributed by atoms with van der Waals surface area (Å²) < 4.78 is 25.6. The maximum absolute atomic E-state index is 13.4. The van der Waals surface area contributed by atoms with E-state index in [9.17, 15) is 9.18 Å². The molecule has 0 amide bonds. The monoisotopic (exact) mass is 390 g/mol. The summed E-state index contributed by atoms with van der Waals surface area (Å²) in [6, 6.07) is 15.0. The maximum atomic E-state index is 13.4. The number of nitrogens with zero attached hydrogens (tertiary/aromatic N) is 2. The first kappa shape index (κ1) is 18.7. The van der Waals surface area contributed by atoms with Crippen LogP contribution in [0.2, 0.25) is 0 Å². The van der Waals surface area contributed by atoms with Crippen molar-refractivity contribution in [1.82, 2.24) is 9.55 Å². The van der Waals surface area contributed by atoms with E-state index in [-0.39, 0.29) is 11.4 Å². The van der Waals surface area contributed by atoms with Crippen LogP contribution < -0.4 is 15.0 Å². The number of pyridine rings is 2. The van der Waals surface area contributed by atoms with E-state index in [4.69, 9.17) is 9.47 Å². The van der Waals surface area contributed by atoms with E-state index in [0.717, 1.165) is 11.1 Å². The second-order valence-corrected chi connectivity index (χ2v) is 6.61. The lowest BCUT2D eigenvalue weighted by atomic mass is 10.0. The van der Waals surface area contributed by atoms with Crippen molar-refractivity contribution in [3.05, 3.63) is 82.7 Å². The largest absolute Gasteiger partial charge is 0.493 e. The molecule has 0 atom stereocenters. The van der Waals surface area contributed by atoms with E-state index in [1.165, 1.54) is 16.7 Å². The third kappa shape index (κ3) is 3.33. The van der Waals surface area contributed by atoms with Crippen LogP contribution in [0.5, 0.6) is 11.5 Å². The normalized spacial score (nSPS) is 10.9. The van der Waals surface area contributed by atoms with E-state index in [1.54, 1.807) is 50.7 Å². The molecule has 0 aliphatic rings. The van der Waals surface area contributed by atoms with Gasteiger partial charge >= 0.3 is 0 Å². The van der Waals surface area contributed by atoms with Gasteiger partial charge in [-0.25, -0.2) is 4.39 Å². The molecule has 0 radical (unpaired) electrons. The molecule has 2 aromatic carbocycles. The lowest BCUT2D eigenvalue weighted by Gasteiger charge is -2.13. The molecule has 6 heteroatoms. The van der Waals surface area contributed by atoms with Crippen LogP contribution in [0.15, 0.2) is 65.6 Å². The molecule has 0 fully saturated rings. The molecule has 146 valence electrons. The fraction of sp³-hybridized carbons (Fsp3) is 0.130. The molecule has 0 bridgehead atoms. The number of rotatable bonds is 4. The summed E-state index contributed by atoms with van der Waals surface area (Å²) in [4.78, 5) is 18.0. The number of methoxy groups -OCH3 is 2. The van der Waals surface area contributed by atoms with Gasteiger partial charge in [0.2, 0.25) is 0 Å². The lowest BCUT2D eigenvalue weighted by Crippen LogP contribution is -2.19. The minimum atomic E-state index is -0.339. The van der Waals surface area contributed by atoms with Gasteiger partial charge in [-0.3, -0.25) is 14.3 Å². The molecule has 2 aromatic heterocycles. The van der Waals surface area contributed by atoms with Crippen molar-refractivity contribution in [2.45, 2.75) is 6.92 Å². The standard InChI is InChI=1S/C23H19FN2O3/c1-14-12-16-10-11-26(18-8-9-19(28-2)20(13-18)29-3)23(27)21(16)22(25-14)15-4-6-17(24)7-5-15/h4-13H,1-3H3. The first-order valence-electron chi connectivity index (χ1n) is 9.03. The minimum absolute atomic E-state index is 0.221. The van der Waals surface area contributed by atoms with Crippen molar-refractivity contribution >= 4 is 10.8 Å². The Hall–Kier alpha value is -3.67. The molecule has 0 aliphatic carbocycles. The van der Waals surface area contributed by atoms with Crippen LogP contribution in [0.3, 0.4) is 0 Å². The molecule has 0 saturated carbocycles. The lowest BCUT2D eigenvalue weighted by molar-refractivity contribution is 0.355. The average molecular weight is 390 g/mol. The van der Waals surface area contributed by atoms with Gasteiger partial charge in [-0.1, -0.05) is 0 Å². The molecule has 0 spiro atoms. The smallest absolute Gasteiger partial charge is 0.265 e. The number of aryl methyl sites for hydroxylation is 1.